The number of nitrogens with zero attached hydrogens (tertiary/aromatic N) is 2. The SMILES string of the molecule is C=CC(=O)N1CCN(C(=O)NC2(C#Cc3cc(O)c(Cl)cc3C3(C)CC3)CC2)CC1. The van der Waals surface area contributed by atoms with Crippen LogP contribution in [0, 0.1) is 11.8 Å². The lowest BCUT2D eigenvalue weighted by molar-refractivity contribution is -0.127. The lowest BCUT2D eigenvalue weighted by Crippen LogP contribution is -2.54. The molecule has 0 atom stereocenters. The van der Waals surface area contributed by atoms with E-state index in [0.29, 0.717) is 31.2 Å². The number of urea groups is 1. The summed E-state index contributed by atoms with van der Waals surface area (Å²) < 4.78 is 0. The van der Waals surface area contributed by atoms with E-state index in [2.05, 4.69) is 30.7 Å². The number of rotatable bonds is 3. The molecule has 3 fully saturated rings. The minimum Gasteiger partial charge on any atom is -0.506 e. The molecule has 3 amide bonds. The monoisotopic (exact) mass is 427 g/mol. The molecule has 158 valence electrons. The van der Waals surface area contributed by atoms with Gasteiger partial charge in [-0.05, 0) is 54.9 Å². The van der Waals surface area contributed by atoms with Crippen LogP contribution in [0.15, 0.2) is 24.8 Å². The fourth-order valence-electron chi connectivity index (χ4n) is 3.76. The van der Waals surface area contributed by atoms with Crippen molar-refractivity contribution >= 4 is 23.5 Å². The smallest absolute Gasteiger partial charge is 0.318 e. The molecule has 1 aliphatic heterocycles. The number of hydrogen-bond donors (Lipinski definition) is 2. The van der Waals surface area contributed by atoms with Crippen molar-refractivity contribution in [3.05, 3.63) is 40.9 Å². The summed E-state index contributed by atoms with van der Waals surface area (Å²) in [6, 6.07) is 3.29. The number of hydrogen-bond acceptors (Lipinski definition) is 3. The van der Waals surface area contributed by atoms with Gasteiger partial charge in [0, 0.05) is 31.7 Å². The zero-order valence-electron chi connectivity index (χ0n) is 17.1. The molecule has 1 saturated heterocycles. The van der Waals surface area contributed by atoms with Crippen LogP contribution in [0.3, 0.4) is 0 Å². The zero-order valence-corrected chi connectivity index (χ0v) is 17.9. The fourth-order valence-corrected chi connectivity index (χ4v) is 3.92. The molecule has 0 aromatic heterocycles. The maximum Gasteiger partial charge on any atom is 0.318 e. The largest absolute Gasteiger partial charge is 0.506 e. The predicted molar refractivity (Wildman–Crippen MR) is 115 cm³/mol. The molecular weight excluding hydrogens is 402 g/mol. The number of benzene rings is 1. The topological polar surface area (TPSA) is 72.9 Å². The van der Waals surface area contributed by atoms with Crippen LogP contribution in [0.25, 0.3) is 0 Å². The second-order valence-corrected chi connectivity index (χ2v) is 9.10. The third-order valence-electron chi connectivity index (χ3n) is 6.32. The standard InChI is InChI=1S/C23H26ClN3O3/c1-3-20(29)26-10-12-27(13-11-26)21(30)25-23(8-9-23)5-4-16-14-19(28)18(24)15-17(16)22(2)6-7-22/h3,14-15,28H,1,6-13H2,2H3,(H,25,30). The van der Waals surface area contributed by atoms with Crippen molar-refractivity contribution < 1.29 is 14.7 Å². The average molecular weight is 428 g/mol. The predicted octanol–water partition coefficient (Wildman–Crippen LogP) is 3.02. The molecule has 4 rings (SSSR count). The van der Waals surface area contributed by atoms with Gasteiger partial charge in [-0.15, -0.1) is 0 Å². The highest BCUT2D eigenvalue weighted by molar-refractivity contribution is 6.32. The van der Waals surface area contributed by atoms with Gasteiger partial charge in [-0.2, -0.15) is 0 Å². The lowest BCUT2D eigenvalue weighted by Gasteiger charge is -2.34. The molecule has 0 bridgehead atoms. The molecule has 1 aromatic rings. The number of amides is 3. The van der Waals surface area contributed by atoms with E-state index in [9.17, 15) is 14.7 Å². The minimum absolute atomic E-state index is 0.0230. The Kier molecular flexibility index (Phi) is 5.19. The summed E-state index contributed by atoms with van der Waals surface area (Å²) in [6.45, 7) is 7.66. The van der Waals surface area contributed by atoms with Crippen molar-refractivity contribution in [3.8, 4) is 17.6 Å². The normalized spacial score (nSPS) is 20.6. The van der Waals surface area contributed by atoms with Crippen LogP contribution in [0.4, 0.5) is 4.79 Å². The van der Waals surface area contributed by atoms with Crippen LogP contribution in [0.2, 0.25) is 5.02 Å². The van der Waals surface area contributed by atoms with Crippen LogP contribution in [0.1, 0.15) is 43.7 Å². The van der Waals surface area contributed by atoms with Crippen LogP contribution < -0.4 is 5.32 Å². The molecule has 7 heteroatoms. The van der Waals surface area contributed by atoms with Gasteiger partial charge in [0.2, 0.25) is 5.91 Å². The minimum atomic E-state index is -0.526. The molecular formula is C23H26ClN3O3. The number of phenols is 1. The van der Waals surface area contributed by atoms with E-state index in [1.54, 1.807) is 15.9 Å². The Morgan fingerprint density at radius 3 is 2.37 bits per heavy atom. The first kappa shape index (κ1) is 20.6. The third-order valence-corrected chi connectivity index (χ3v) is 6.63. The molecule has 1 heterocycles. The van der Waals surface area contributed by atoms with Crippen molar-refractivity contribution in [1.82, 2.24) is 15.1 Å². The molecule has 30 heavy (non-hydrogen) atoms. The van der Waals surface area contributed by atoms with Crippen molar-refractivity contribution in [2.75, 3.05) is 26.2 Å². The molecule has 2 N–H and O–H groups in total. The molecule has 2 aliphatic carbocycles. The highest BCUT2D eigenvalue weighted by atomic mass is 35.5. The number of carbonyl (C=O) groups is 2. The molecule has 0 radical (unpaired) electrons. The Bertz CT molecular complexity index is 962. The van der Waals surface area contributed by atoms with Crippen LogP contribution in [0.5, 0.6) is 5.75 Å². The van der Waals surface area contributed by atoms with Gasteiger partial charge in [0.05, 0.1) is 5.02 Å². The first-order valence-electron chi connectivity index (χ1n) is 10.3. The fraction of sp³-hybridized carbons (Fsp3) is 0.478. The first-order valence-corrected chi connectivity index (χ1v) is 10.7. The van der Waals surface area contributed by atoms with E-state index >= 15 is 0 Å². The Balaban J connectivity index is 1.44. The van der Waals surface area contributed by atoms with E-state index in [0.717, 1.165) is 36.8 Å². The molecule has 0 spiro atoms. The summed E-state index contributed by atoms with van der Waals surface area (Å²) in [5, 5.41) is 13.4. The molecule has 3 aliphatic rings. The Morgan fingerprint density at radius 1 is 1.17 bits per heavy atom. The number of phenolic OH excluding ortho intramolecular Hbond substituents is 1. The summed E-state index contributed by atoms with van der Waals surface area (Å²) in [6.07, 6.45) is 5.05. The van der Waals surface area contributed by atoms with Gasteiger partial charge in [-0.3, -0.25) is 4.79 Å². The molecule has 1 aromatic carbocycles. The van der Waals surface area contributed by atoms with Gasteiger partial charge in [0.1, 0.15) is 11.3 Å². The van der Waals surface area contributed by atoms with E-state index in [1.807, 2.05) is 6.07 Å². The summed E-state index contributed by atoms with van der Waals surface area (Å²) in [5.41, 5.74) is 1.36. The van der Waals surface area contributed by atoms with Crippen molar-refractivity contribution in [2.45, 2.75) is 43.6 Å². The number of piperazine rings is 1. The van der Waals surface area contributed by atoms with Gasteiger partial charge in [0.25, 0.3) is 0 Å². The number of aromatic hydroxyl groups is 1. The molecule has 6 nitrogen and oxygen atoms in total. The van der Waals surface area contributed by atoms with Crippen molar-refractivity contribution in [2.24, 2.45) is 0 Å². The highest BCUT2D eigenvalue weighted by Gasteiger charge is 2.44. The van der Waals surface area contributed by atoms with Crippen LogP contribution >= 0.6 is 11.6 Å². The number of halogens is 1. The second-order valence-electron chi connectivity index (χ2n) is 8.69. The van der Waals surface area contributed by atoms with Crippen LogP contribution in [-0.4, -0.2) is 58.6 Å². The van der Waals surface area contributed by atoms with Gasteiger partial charge < -0.3 is 20.2 Å². The van der Waals surface area contributed by atoms with Crippen molar-refractivity contribution in [1.29, 1.82) is 0 Å². The second kappa shape index (κ2) is 7.55. The zero-order chi connectivity index (χ0) is 21.5. The Labute approximate surface area is 181 Å². The van der Waals surface area contributed by atoms with Gasteiger partial charge in [-0.1, -0.05) is 36.9 Å². The van der Waals surface area contributed by atoms with Crippen LogP contribution in [-0.2, 0) is 10.2 Å². The number of nitrogens with one attached hydrogen (secondary N) is 1. The Morgan fingerprint density at radius 2 is 1.80 bits per heavy atom. The maximum absolute atomic E-state index is 12.7. The number of carbonyl (C=O) groups excluding carboxylic acids is 2. The lowest BCUT2D eigenvalue weighted by atomic mass is 9.93. The maximum atomic E-state index is 12.7. The summed E-state index contributed by atoms with van der Waals surface area (Å²) >= 11 is 6.13. The van der Waals surface area contributed by atoms with E-state index < -0.39 is 5.54 Å². The first-order chi connectivity index (χ1) is 14.3. The summed E-state index contributed by atoms with van der Waals surface area (Å²) in [4.78, 5) is 27.8. The quantitative estimate of drug-likeness (QED) is 0.575. The summed E-state index contributed by atoms with van der Waals surface area (Å²) in [7, 11) is 0. The van der Waals surface area contributed by atoms with Crippen molar-refractivity contribution in [3.63, 3.8) is 0 Å². The molecule has 2 saturated carbocycles. The van der Waals surface area contributed by atoms with Gasteiger partial charge >= 0.3 is 6.03 Å². The van der Waals surface area contributed by atoms with E-state index in [4.69, 9.17) is 11.6 Å². The summed E-state index contributed by atoms with van der Waals surface area (Å²) in [5.74, 6) is 6.36. The van der Waals surface area contributed by atoms with Gasteiger partial charge in [-0.25, -0.2) is 4.79 Å². The van der Waals surface area contributed by atoms with Gasteiger partial charge in [0.15, 0.2) is 0 Å². The third kappa shape index (κ3) is 4.13. The average Bonchev–Trinajstić information content (AvgIpc) is 3.67. The molecule has 0 unspecified atom stereocenters. The van der Waals surface area contributed by atoms with E-state index in [-0.39, 0.29) is 23.1 Å². The van der Waals surface area contributed by atoms with E-state index in [1.165, 1.54) is 6.08 Å². The highest BCUT2D eigenvalue weighted by Crippen LogP contribution is 2.50. The Hall–Kier alpha value is -2.65.